The van der Waals surface area contributed by atoms with Crippen LogP contribution in [0.4, 0.5) is 0 Å². The Bertz CT molecular complexity index is 502. The van der Waals surface area contributed by atoms with Gasteiger partial charge in [0.25, 0.3) is 5.56 Å². The molecule has 0 amide bonds. The molecule has 0 aromatic carbocycles. The van der Waals surface area contributed by atoms with E-state index in [1.165, 1.54) is 17.8 Å². The van der Waals surface area contributed by atoms with Gasteiger partial charge in [-0.1, -0.05) is 0 Å². The van der Waals surface area contributed by atoms with Crippen LogP contribution in [0.5, 0.6) is 0 Å². The minimum absolute atomic E-state index is 0.294. The molecule has 18 heavy (non-hydrogen) atoms. The summed E-state index contributed by atoms with van der Waals surface area (Å²) < 4.78 is 12.5. The first kappa shape index (κ1) is 14.6. The first-order valence-electron chi connectivity index (χ1n) is 5.53. The van der Waals surface area contributed by atoms with Crippen LogP contribution in [0.25, 0.3) is 0 Å². The minimum atomic E-state index is -0.360. The van der Waals surface area contributed by atoms with Gasteiger partial charge in [0.1, 0.15) is 0 Å². The summed E-state index contributed by atoms with van der Waals surface area (Å²) in [5.41, 5.74) is -0.113. The van der Waals surface area contributed by atoms with E-state index in [2.05, 4.69) is 5.32 Å². The van der Waals surface area contributed by atoms with Crippen molar-refractivity contribution in [1.29, 1.82) is 0 Å². The van der Waals surface area contributed by atoms with Crippen molar-refractivity contribution in [3.05, 3.63) is 32.6 Å². The number of methoxy groups -OCH3 is 2. The predicted molar refractivity (Wildman–Crippen MR) is 66.4 cm³/mol. The molecule has 0 aliphatic carbocycles. The van der Waals surface area contributed by atoms with Crippen molar-refractivity contribution < 1.29 is 9.47 Å². The zero-order valence-electron chi connectivity index (χ0n) is 11.1. The van der Waals surface area contributed by atoms with Crippen LogP contribution in [-0.4, -0.2) is 36.2 Å². The highest BCUT2D eigenvalue weighted by atomic mass is 16.7. The molecule has 0 bridgehead atoms. The van der Waals surface area contributed by atoms with Crippen LogP contribution in [0.3, 0.4) is 0 Å². The van der Waals surface area contributed by atoms with Gasteiger partial charge in [0.15, 0.2) is 6.29 Å². The molecule has 0 saturated heterocycles. The van der Waals surface area contributed by atoms with Crippen molar-refractivity contribution >= 4 is 0 Å². The molecule has 0 spiro atoms. The van der Waals surface area contributed by atoms with Crippen LogP contribution < -0.4 is 16.6 Å². The largest absolute Gasteiger partial charge is 0.355 e. The average Bonchev–Trinajstić information content (AvgIpc) is 2.38. The Morgan fingerprint density at radius 1 is 1.28 bits per heavy atom. The molecule has 0 saturated carbocycles. The molecule has 1 N–H and O–H groups in total. The average molecular weight is 257 g/mol. The number of aryl methyl sites for hydroxylation is 1. The second-order valence-corrected chi connectivity index (χ2v) is 3.94. The van der Waals surface area contributed by atoms with E-state index in [1.54, 1.807) is 21.3 Å². The zero-order valence-corrected chi connectivity index (χ0v) is 11.1. The standard InChI is InChI=1S/C11H19N3O4/c1-13-7-8(10(15)14(2)11(13)16)5-12-6-9(17-3)18-4/h7,9,12H,5-6H2,1-4H3. The number of ether oxygens (including phenoxy) is 2. The van der Waals surface area contributed by atoms with E-state index in [0.717, 1.165) is 4.57 Å². The topological polar surface area (TPSA) is 74.5 Å². The van der Waals surface area contributed by atoms with Crippen molar-refractivity contribution in [3.63, 3.8) is 0 Å². The maximum absolute atomic E-state index is 11.8. The van der Waals surface area contributed by atoms with Gasteiger partial charge in [-0.3, -0.25) is 9.36 Å². The third kappa shape index (κ3) is 3.28. The van der Waals surface area contributed by atoms with Gasteiger partial charge in [0.05, 0.1) is 0 Å². The monoisotopic (exact) mass is 257 g/mol. The highest BCUT2D eigenvalue weighted by molar-refractivity contribution is 5.05. The number of hydrogen-bond acceptors (Lipinski definition) is 5. The van der Waals surface area contributed by atoms with Crippen molar-refractivity contribution in [3.8, 4) is 0 Å². The Labute approximate surface area is 105 Å². The van der Waals surface area contributed by atoms with Crippen LogP contribution in [0, 0.1) is 0 Å². The third-order valence-corrected chi connectivity index (χ3v) is 2.67. The number of nitrogens with one attached hydrogen (secondary N) is 1. The molecule has 0 aliphatic heterocycles. The van der Waals surface area contributed by atoms with Crippen LogP contribution in [0.2, 0.25) is 0 Å². The number of rotatable bonds is 6. The highest BCUT2D eigenvalue weighted by Crippen LogP contribution is 1.91. The summed E-state index contributed by atoms with van der Waals surface area (Å²) >= 11 is 0. The molecule has 102 valence electrons. The third-order valence-electron chi connectivity index (χ3n) is 2.67. The van der Waals surface area contributed by atoms with Crippen molar-refractivity contribution in [2.45, 2.75) is 12.8 Å². The van der Waals surface area contributed by atoms with Crippen LogP contribution in [-0.2, 0) is 30.1 Å². The Hall–Kier alpha value is -1.44. The van der Waals surface area contributed by atoms with E-state index in [4.69, 9.17) is 9.47 Å². The van der Waals surface area contributed by atoms with Gasteiger partial charge in [-0.05, 0) is 0 Å². The van der Waals surface area contributed by atoms with Crippen molar-refractivity contribution in [1.82, 2.24) is 14.5 Å². The fraction of sp³-hybridized carbons (Fsp3) is 0.636. The quantitative estimate of drug-likeness (QED) is 0.647. The Morgan fingerprint density at radius 3 is 2.44 bits per heavy atom. The molecule has 1 aromatic heterocycles. The molecule has 1 heterocycles. The fourth-order valence-corrected chi connectivity index (χ4v) is 1.59. The van der Waals surface area contributed by atoms with Crippen LogP contribution in [0.1, 0.15) is 5.56 Å². The molecule has 1 aromatic rings. The Morgan fingerprint density at radius 2 is 1.89 bits per heavy atom. The van der Waals surface area contributed by atoms with Gasteiger partial charge < -0.3 is 19.4 Å². The number of hydrogen-bond donors (Lipinski definition) is 1. The van der Waals surface area contributed by atoms with Gasteiger partial charge in [0, 0.05) is 53.2 Å². The summed E-state index contributed by atoms with van der Waals surface area (Å²) in [6.45, 7) is 0.809. The molecule has 0 fully saturated rings. The lowest BCUT2D eigenvalue weighted by Crippen LogP contribution is -2.40. The lowest BCUT2D eigenvalue weighted by Gasteiger charge is -2.14. The molecule has 7 heteroatoms. The van der Waals surface area contributed by atoms with Gasteiger partial charge in [-0.25, -0.2) is 4.79 Å². The second kappa shape index (κ2) is 6.48. The first-order chi connectivity index (χ1) is 8.51. The smallest absolute Gasteiger partial charge is 0.330 e. The second-order valence-electron chi connectivity index (χ2n) is 3.94. The van der Waals surface area contributed by atoms with Crippen molar-refractivity contribution in [2.75, 3.05) is 20.8 Å². The maximum atomic E-state index is 11.8. The molecule has 7 nitrogen and oxygen atoms in total. The summed E-state index contributed by atoms with van der Waals surface area (Å²) in [7, 11) is 6.15. The molecular formula is C11H19N3O4. The van der Waals surface area contributed by atoms with E-state index in [9.17, 15) is 9.59 Å². The SMILES string of the molecule is COC(CNCc1cn(C)c(=O)n(C)c1=O)OC. The normalized spacial score (nSPS) is 11.2. The summed E-state index contributed by atoms with van der Waals surface area (Å²) in [5, 5.41) is 3.04. The molecular weight excluding hydrogens is 238 g/mol. The Kier molecular flexibility index (Phi) is 5.26. The van der Waals surface area contributed by atoms with E-state index in [-0.39, 0.29) is 17.5 Å². The molecule has 1 rings (SSSR count). The summed E-state index contributed by atoms with van der Waals surface area (Å²) in [4.78, 5) is 23.3. The highest BCUT2D eigenvalue weighted by Gasteiger charge is 2.08. The van der Waals surface area contributed by atoms with Gasteiger partial charge in [-0.2, -0.15) is 0 Å². The van der Waals surface area contributed by atoms with E-state index >= 15 is 0 Å². The maximum Gasteiger partial charge on any atom is 0.330 e. The number of aromatic nitrogens is 2. The summed E-state index contributed by atoms with van der Waals surface area (Å²) in [5.74, 6) is 0. The van der Waals surface area contributed by atoms with Gasteiger partial charge in [-0.15, -0.1) is 0 Å². The van der Waals surface area contributed by atoms with E-state index in [0.29, 0.717) is 18.7 Å². The lowest BCUT2D eigenvalue weighted by atomic mass is 10.3. The molecule has 0 radical (unpaired) electrons. The van der Waals surface area contributed by atoms with Crippen molar-refractivity contribution in [2.24, 2.45) is 14.1 Å². The van der Waals surface area contributed by atoms with Gasteiger partial charge in [0.2, 0.25) is 0 Å². The number of nitrogens with zero attached hydrogens (tertiary/aromatic N) is 2. The van der Waals surface area contributed by atoms with Gasteiger partial charge >= 0.3 is 5.69 Å². The fourth-order valence-electron chi connectivity index (χ4n) is 1.59. The first-order valence-corrected chi connectivity index (χ1v) is 5.53. The van der Waals surface area contributed by atoms with Crippen LogP contribution >= 0.6 is 0 Å². The predicted octanol–water partition coefficient (Wildman–Crippen LogP) is -1.21. The molecule has 0 unspecified atom stereocenters. The molecule has 0 aliphatic rings. The minimum Gasteiger partial charge on any atom is -0.355 e. The van der Waals surface area contributed by atoms with E-state index < -0.39 is 0 Å². The molecule has 0 atom stereocenters. The van der Waals surface area contributed by atoms with Crippen LogP contribution in [0.15, 0.2) is 15.8 Å². The summed E-state index contributed by atoms with van der Waals surface area (Å²) in [6.07, 6.45) is 1.17. The summed E-state index contributed by atoms with van der Waals surface area (Å²) in [6, 6.07) is 0. The van der Waals surface area contributed by atoms with E-state index in [1.807, 2.05) is 0 Å². The zero-order chi connectivity index (χ0) is 13.7. The Balaban J connectivity index is 2.75. The lowest BCUT2D eigenvalue weighted by molar-refractivity contribution is -0.0989.